The van der Waals surface area contributed by atoms with E-state index in [4.69, 9.17) is 4.65 Å². The quantitative estimate of drug-likeness (QED) is 0.0849. The van der Waals surface area contributed by atoms with Gasteiger partial charge in [-0.25, -0.2) is 0 Å². The van der Waals surface area contributed by atoms with E-state index in [1.807, 2.05) is 0 Å². The van der Waals surface area contributed by atoms with E-state index >= 15 is 0 Å². The molecule has 0 N–H and O–H groups in total. The van der Waals surface area contributed by atoms with Crippen molar-refractivity contribution in [1.29, 1.82) is 0 Å². The summed E-state index contributed by atoms with van der Waals surface area (Å²) in [5, 5.41) is 0. The summed E-state index contributed by atoms with van der Waals surface area (Å²) >= 11 is 0. The minimum Gasteiger partial charge on any atom is -0.425 e. The van der Waals surface area contributed by atoms with Crippen molar-refractivity contribution in [2.45, 2.75) is 111 Å². The number of rotatable bonds is 13. The van der Waals surface area contributed by atoms with Crippen LogP contribution in [0.4, 0.5) is 17.1 Å². The first kappa shape index (κ1) is 45.4. The van der Waals surface area contributed by atoms with E-state index in [1.54, 1.807) is 0 Å². The van der Waals surface area contributed by atoms with Gasteiger partial charge in [0.05, 0.1) is 5.60 Å². The number of anilines is 3. The average Bonchev–Trinajstić information content (AvgIpc) is 4.10. The zero-order chi connectivity index (χ0) is 45.0. The van der Waals surface area contributed by atoms with Gasteiger partial charge in [0.25, 0.3) is 0 Å². The predicted octanol–water partition coefficient (Wildman–Crippen LogP) is 16.5. The van der Waals surface area contributed by atoms with Crippen LogP contribution in [-0.2, 0) is 15.5 Å². The van der Waals surface area contributed by atoms with Gasteiger partial charge in [-0.15, -0.1) is 0 Å². The summed E-state index contributed by atoms with van der Waals surface area (Å²) in [6.45, 7) is 24.9. The van der Waals surface area contributed by atoms with Crippen LogP contribution in [0, 0.1) is 5.41 Å². The summed E-state index contributed by atoms with van der Waals surface area (Å²) in [4.78, 5) is 2.34. The molecule has 0 saturated heterocycles. The minimum atomic E-state index is -0.237. The van der Waals surface area contributed by atoms with Crippen molar-refractivity contribution in [3.05, 3.63) is 190 Å². The first-order valence-electron chi connectivity index (χ1n) is 23.0. The molecule has 1 saturated carbocycles. The average molecular weight is 830 g/mol. The van der Waals surface area contributed by atoms with Crippen LogP contribution in [0.2, 0.25) is 5.82 Å². The fourth-order valence-corrected chi connectivity index (χ4v) is 7.59. The van der Waals surface area contributed by atoms with Crippen molar-refractivity contribution in [3.63, 3.8) is 0 Å². The standard InChI is InChI=1S/C60H68BNO/c1-57(2,3)50-31-21-44(22-32-50)15-17-46-25-37-54(38-26-46)62(55-39-27-47(28-40-55)18-16-45-23-33-51(34-24-45)58(4,5)6)56-41-29-48(30-42-56)19-20-49-13-12-14-53(43-49)61(52-35-36-52)63-60(10,11)59(7,8)9/h12-34,37-43,52H,35-36H2,1-11H3/b17-15+,18-16+,20-19+. The van der Waals surface area contributed by atoms with Gasteiger partial charge in [-0.05, 0) is 122 Å². The summed E-state index contributed by atoms with van der Waals surface area (Å²) in [5.74, 6) is 0.592. The lowest BCUT2D eigenvalue weighted by atomic mass is 9.55. The largest absolute Gasteiger partial charge is 0.425 e. The van der Waals surface area contributed by atoms with E-state index in [1.165, 1.54) is 46.1 Å². The maximum atomic E-state index is 6.90. The fraction of sp³-hybridized carbons (Fsp3) is 0.300. The van der Waals surface area contributed by atoms with Gasteiger partial charge < -0.3 is 9.55 Å². The molecule has 1 aliphatic rings. The Balaban J connectivity index is 1.12. The van der Waals surface area contributed by atoms with E-state index in [9.17, 15) is 0 Å². The Kier molecular flexibility index (Phi) is 13.4. The molecule has 0 spiro atoms. The maximum Gasteiger partial charge on any atom is 0.330 e. The minimum absolute atomic E-state index is 0.0421. The summed E-state index contributed by atoms with van der Waals surface area (Å²) in [7, 11) is 0. The molecule has 63 heavy (non-hydrogen) atoms. The topological polar surface area (TPSA) is 12.5 Å². The molecular formula is C60H68BNO. The molecule has 7 rings (SSSR count). The zero-order valence-electron chi connectivity index (χ0n) is 39.7. The van der Waals surface area contributed by atoms with Crippen molar-refractivity contribution in [2.75, 3.05) is 4.90 Å². The van der Waals surface area contributed by atoms with Gasteiger partial charge in [0.2, 0.25) is 0 Å². The number of benzene rings is 6. The summed E-state index contributed by atoms with van der Waals surface area (Å²) < 4.78 is 6.90. The second kappa shape index (κ2) is 18.6. The number of hydrogen-bond acceptors (Lipinski definition) is 2. The van der Waals surface area contributed by atoms with Crippen LogP contribution >= 0.6 is 0 Å². The van der Waals surface area contributed by atoms with Crippen LogP contribution in [0.3, 0.4) is 0 Å². The highest BCUT2D eigenvalue weighted by Gasteiger charge is 2.44. The highest BCUT2D eigenvalue weighted by Crippen LogP contribution is 2.43. The van der Waals surface area contributed by atoms with E-state index in [2.05, 4.69) is 263 Å². The molecule has 322 valence electrons. The lowest BCUT2D eigenvalue weighted by Crippen LogP contribution is -2.48. The highest BCUT2D eigenvalue weighted by atomic mass is 16.5. The molecule has 6 aromatic rings. The molecule has 3 heteroatoms. The van der Waals surface area contributed by atoms with Gasteiger partial charge in [-0.1, -0.05) is 221 Å². The summed E-state index contributed by atoms with van der Waals surface area (Å²) in [6.07, 6.45) is 15.7. The van der Waals surface area contributed by atoms with Gasteiger partial charge in [0.1, 0.15) is 0 Å². The smallest absolute Gasteiger partial charge is 0.330 e. The van der Waals surface area contributed by atoms with Crippen LogP contribution in [0.25, 0.3) is 36.5 Å². The molecular weight excluding hydrogens is 761 g/mol. The predicted molar refractivity (Wildman–Crippen MR) is 278 cm³/mol. The molecule has 0 atom stereocenters. The normalized spacial score (nSPS) is 14.0. The van der Waals surface area contributed by atoms with Gasteiger partial charge in [-0.3, -0.25) is 0 Å². The first-order chi connectivity index (χ1) is 29.8. The lowest BCUT2D eigenvalue weighted by Gasteiger charge is -2.41. The monoisotopic (exact) mass is 830 g/mol. The molecule has 0 aromatic heterocycles. The van der Waals surface area contributed by atoms with Crippen molar-refractivity contribution < 1.29 is 4.65 Å². The molecule has 0 bridgehead atoms. The Bertz CT molecular complexity index is 2400. The van der Waals surface area contributed by atoms with Gasteiger partial charge in [0, 0.05) is 17.1 Å². The Morgan fingerprint density at radius 2 is 0.762 bits per heavy atom. The van der Waals surface area contributed by atoms with E-state index in [0.29, 0.717) is 5.82 Å². The third-order valence-corrected chi connectivity index (χ3v) is 12.9. The SMILES string of the molecule is CC(C)(C)c1ccc(/C=C/c2ccc(N(c3ccc(/C=C/c4ccc(C(C)(C)C)cc4)cc3)c3ccc(/C=C/c4cccc(B(OC(C)(C)C(C)(C)C)C5CC5)c4)cc3)cc2)cc1. The van der Waals surface area contributed by atoms with Crippen molar-refractivity contribution in [3.8, 4) is 0 Å². The van der Waals surface area contributed by atoms with Crippen molar-refractivity contribution in [1.82, 2.24) is 0 Å². The first-order valence-corrected chi connectivity index (χ1v) is 23.0. The number of nitrogens with zero attached hydrogens (tertiary/aromatic N) is 1. The van der Waals surface area contributed by atoms with Crippen LogP contribution in [0.5, 0.6) is 0 Å². The summed E-state index contributed by atoms with van der Waals surface area (Å²) in [5.41, 5.74) is 14.4. The van der Waals surface area contributed by atoms with E-state index in [-0.39, 0.29) is 28.8 Å². The van der Waals surface area contributed by atoms with E-state index in [0.717, 1.165) is 33.8 Å². The lowest BCUT2D eigenvalue weighted by molar-refractivity contribution is -0.000928. The Morgan fingerprint density at radius 1 is 0.429 bits per heavy atom. The molecule has 1 aliphatic carbocycles. The Morgan fingerprint density at radius 3 is 1.08 bits per heavy atom. The van der Waals surface area contributed by atoms with Crippen molar-refractivity contribution >= 4 is 65.9 Å². The van der Waals surface area contributed by atoms with Gasteiger partial charge >= 0.3 is 6.92 Å². The van der Waals surface area contributed by atoms with Crippen LogP contribution in [0.1, 0.15) is 134 Å². The van der Waals surface area contributed by atoms with Crippen LogP contribution in [0.15, 0.2) is 146 Å². The molecule has 0 aliphatic heterocycles. The fourth-order valence-electron chi connectivity index (χ4n) is 7.59. The number of hydrogen-bond donors (Lipinski definition) is 0. The third-order valence-electron chi connectivity index (χ3n) is 12.9. The Labute approximate surface area is 380 Å². The molecule has 0 amide bonds. The molecule has 6 aromatic carbocycles. The van der Waals surface area contributed by atoms with E-state index < -0.39 is 0 Å². The maximum absolute atomic E-state index is 6.90. The molecule has 0 radical (unpaired) electrons. The van der Waals surface area contributed by atoms with Crippen LogP contribution < -0.4 is 10.4 Å². The van der Waals surface area contributed by atoms with Gasteiger partial charge in [0.15, 0.2) is 0 Å². The van der Waals surface area contributed by atoms with Crippen molar-refractivity contribution in [2.24, 2.45) is 5.41 Å². The summed E-state index contributed by atoms with van der Waals surface area (Å²) in [6, 6.07) is 53.3. The second-order valence-electron chi connectivity index (χ2n) is 21.2. The molecule has 2 nitrogen and oxygen atoms in total. The zero-order valence-corrected chi connectivity index (χ0v) is 39.7. The Hall–Kier alpha value is -5.64. The van der Waals surface area contributed by atoms with Gasteiger partial charge in [-0.2, -0.15) is 0 Å². The second-order valence-corrected chi connectivity index (χ2v) is 21.2. The molecule has 0 unspecified atom stereocenters. The van der Waals surface area contributed by atoms with Crippen LogP contribution in [-0.4, -0.2) is 12.5 Å². The highest BCUT2D eigenvalue weighted by molar-refractivity contribution is 6.69. The molecule has 1 fully saturated rings. The molecule has 0 heterocycles. The third kappa shape index (κ3) is 11.9.